The van der Waals surface area contributed by atoms with Gasteiger partial charge in [0.05, 0.1) is 12.7 Å². The summed E-state index contributed by atoms with van der Waals surface area (Å²) in [5.74, 6) is -0.501. The van der Waals surface area contributed by atoms with Gasteiger partial charge in [-0.2, -0.15) is 0 Å². The predicted molar refractivity (Wildman–Crippen MR) is 74.5 cm³/mol. The van der Waals surface area contributed by atoms with Crippen LogP contribution < -0.4 is 5.32 Å². The molecule has 0 aromatic carbocycles. The Bertz CT molecular complexity index is 432. The second-order valence-corrected chi connectivity index (χ2v) is 6.81. The molecule has 2 aliphatic rings. The Labute approximate surface area is 130 Å². The van der Waals surface area contributed by atoms with Crippen LogP contribution in [0.3, 0.4) is 0 Å². The molecule has 0 bridgehead atoms. The van der Waals surface area contributed by atoms with E-state index in [-0.39, 0.29) is 13.0 Å². The van der Waals surface area contributed by atoms with Gasteiger partial charge in [-0.05, 0) is 13.8 Å². The fourth-order valence-electron chi connectivity index (χ4n) is 2.49. The van der Waals surface area contributed by atoms with E-state index < -0.39 is 40.9 Å². The first-order valence-corrected chi connectivity index (χ1v) is 7.50. The Balaban J connectivity index is 2.26. The van der Waals surface area contributed by atoms with Gasteiger partial charge in [-0.3, -0.25) is 15.0 Å². The minimum atomic E-state index is -1.14. The van der Waals surface area contributed by atoms with E-state index in [1.165, 1.54) is 4.90 Å². The third-order valence-corrected chi connectivity index (χ3v) is 4.39. The standard InChI is InChI=1S/C12H19BrN2O6/c1-3-20-10-12(2,13)9(18)14-11(19)15(10)8-4-6(17)7(5-16)21-8/h6-8,10,16-17H,3-5H2,1-2H3,(H,14,18,19). The van der Waals surface area contributed by atoms with Crippen LogP contribution >= 0.6 is 15.9 Å². The Kier molecular flexibility index (Phi) is 4.89. The average Bonchev–Trinajstić information content (AvgIpc) is 2.77. The van der Waals surface area contributed by atoms with E-state index in [2.05, 4.69) is 21.2 Å². The van der Waals surface area contributed by atoms with Gasteiger partial charge in [0.1, 0.15) is 16.7 Å². The molecule has 0 aromatic rings. The first-order valence-electron chi connectivity index (χ1n) is 6.71. The number of rotatable bonds is 4. The molecule has 120 valence electrons. The Hall–Kier alpha value is -0.740. The number of aliphatic hydroxyl groups is 2. The van der Waals surface area contributed by atoms with Crippen LogP contribution in [0, 0.1) is 0 Å². The molecule has 5 atom stereocenters. The Morgan fingerprint density at radius 1 is 1.57 bits per heavy atom. The summed E-state index contributed by atoms with van der Waals surface area (Å²) in [5.41, 5.74) is 0. The number of nitrogens with one attached hydrogen (secondary N) is 1. The van der Waals surface area contributed by atoms with E-state index in [1.54, 1.807) is 13.8 Å². The summed E-state index contributed by atoms with van der Waals surface area (Å²) in [6, 6.07) is -0.647. The molecule has 2 rings (SSSR count). The van der Waals surface area contributed by atoms with Crippen molar-refractivity contribution < 1.29 is 29.3 Å². The summed E-state index contributed by atoms with van der Waals surface area (Å²) in [7, 11) is 0. The highest BCUT2D eigenvalue weighted by molar-refractivity contribution is 9.10. The van der Waals surface area contributed by atoms with E-state index in [9.17, 15) is 14.7 Å². The van der Waals surface area contributed by atoms with Crippen molar-refractivity contribution in [2.24, 2.45) is 0 Å². The van der Waals surface area contributed by atoms with Crippen molar-refractivity contribution in [1.29, 1.82) is 0 Å². The number of hydrogen-bond acceptors (Lipinski definition) is 6. The highest BCUT2D eigenvalue weighted by atomic mass is 79.9. The number of alkyl halides is 1. The van der Waals surface area contributed by atoms with Gasteiger partial charge in [0.25, 0.3) is 0 Å². The van der Waals surface area contributed by atoms with E-state index in [4.69, 9.17) is 14.6 Å². The fourth-order valence-corrected chi connectivity index (χ4v) is 2.94. The zero-order valence-corrected chi connectivity index (χ0v) is 13.4. The summed E-state index contributed by atoms with van der Waals surface area (Å²) < 4.78 is 9.90. The van der Waals surface area contributed by atoms with Gasteiger partial charge < -0.3 is 19.7 Å². The maximum atomic E-state index is 12.1. The van der Waals surface area contributed by atoms with Crippen LogP contribution in [0.5, 0.6) is 0 Å². The van der Waals surface area contributed by atoms with Crippen molar-refractivity contribution in [2.45, 2.75) is 49.3 Å². The smallest absolute Gasteiger partial charge is 0.328 e. The first-order chi connectivity index (χ1) is 9.82. The van der Waals surface area contributed by atoms with Crippen LogP contribution in [0.15, 0.2) is 0 Å². The second kappa shape index (κ2) is 6.17. The van der Waals surface area contributed by atoms with E-state index in [1.807, 2.05) is 0 Å². The number of hydrogen-bond donors (Lipinski definition) is 3. The molecule has 5 unspecified atom stereocenters. The lowest BCUT2D eigenvalue weighted by Gasteiger charge is -2.45. The minimum absolute atomic E-state index is 0.138. The first kappa shape index (κ1) is 16.6. The molecule has 2 saturated heterocycles. The van der Waals surface area contributed by atoms with Crippen LogP contribution in [-0.2, 0) is 14.3 Å². The van der Waals surface area contributed by atoms with Crippen LogP contribution in [0.25, 0.3) is 0 Å². The van der Waals surface area contributed by atoms with Crippen LogP contribution in [0.1, 0.15) is 20.3 Å². The summed E-state index contributed by atoms with van der Waals surface area (Å²) in [6.45, 7) is 3.29. The lowest BCUT2D eigenvalue weighted by atomic mass is 10.0. The largest absolute Gasteiger partial charge is 0.394 e. The molecule has 21 heavy (non-hydrogen) atoms. The Morgan fingerprint density at radius 3 is 2.76 bits per heavy atom. The van der Waals surface area contributed by atoms with Gasteiger partial charge in [-0.25, -0.2) is 4.79 Å². The minimum Gasteiger partial charge on any atom is -0.394 e. The number of ether oxygens (including phenoxy) is 2. The zero-order valence-electron chi connectivity index (χ0n) is 11.8. The SMILES string of the molecule is CCOC1N(C2CC(O)C(CO)O2)C(=O)NC(=O)C1(C)Br. The van der Waals surface area contributed by atoms with E-state index in [0.717, 1.165) is 0 Å². The molecule has 0 radical (unpaired) electrons. The van der Waals surface area contributed by atoms with Crippen molar-refractivity contribution in [2.75, 3.05) is 13.2 Å². The number of amides is 3. The second-order valence-electron chi connectivity index (χ2n) is 5.16. The molecule has 2 heterocycles. The number of carbonyl (C=O) groups excluding carboxylic acids is 2. The summed E-state index contributed by atoms with van der Waals surface area (Å²) in [5, 5.41) is 21.2. The van der Waals surface area contributed by atoms with Crippen LogP contribution in [-0.4, -0.2) is 69.3 Å². The van der Waals surface area contributed by atoms with Crippen molar-refractivity contribution >= 4 is 27.9 Å². The molecule has 0 spiro atoms. The molecule has 3 amide bonds. The third-order valence-electron chi connectivity index (χ3n) is 3.63. The van der Waals surface area contributed by atoms with Crippen LogP contribution in [0.4, 0.5) is 4.79 Å². The highest BCUT2D eigenvalue weighted by Crippen LogP contribution is 2.35. The number of halogens is 1. The number of imide groups is 1. The summed E-state index contributed by atoms with van der Waals surface area (Å²) in [6.07, 6.45) is -3.16. The van der Waals surface area contributed by atoms with Gasteiger partial charge >= 0.3 is 6.03 Å². The van der Waals surface area contributed by atoms with Crippen molar-refractivity contribution in [3.63, 3.8) is 0 Å². The van der Waals surface area contributed by atoms with E-state index in [0.29, 0.717) is 6.61 Å². The molecular weight excluding hydrogens is 348 g/mol. The topological polar surface area (TPSA) is 108 Å². The highest BCUT2D eigenvalue weighted by Gasteiger charge is 2.54. The summed E-state index contributed by atoms with van der Waals surface area (Å²) >= 11 is 3.29. The van der Waals surface area contributed by atoms with Crippen molar-refractivity contribution in [1.82, 2.24) is 10.2 Å². The zero-order chi connectivity index (χ0) is 15.8. The normalized spacial score (nSPS) is 40.5. The quantitative estimate of drug-likeness (QED) is 0.580. The molecule has 8 nitrogen and oxygen atoms in total. The van der Waals surface area contributed by atoms with Gasteiger partial charge in [-0.15, -0.1) is 0 Å². The molecule has 0 aliphatic carbocycles. The van der Waals surface area contributed by atoms with Gasteiger partial charge in [0, 0.05) is 13.0 Å². The van der Waals surface area contributed by atoms with Crippen LogP contribution in [0.2, 0.25) is 0 Å². The molecule has 0 saturated carbocycles. The van der Waals surface area contributed by atoms with Gasteiger partial charge in [0.15, 0.2) is 6.23 Å². The van der Waals surface area contributed by atoms with Gasteiger partial charge in [0.2, 0.25) is 5.91 Å². The number of carbonyl (C=O) groups is 2. The predicted octanol–water partition coefficient (Wildman–Crippen LogP) is -0.477. The molecule has 3 N–H and O–H groups in total. The molecule has 9 heteroatoms. The molecule has 2 fully saturated rings. The third kappa shape index (κ3) is 2.93. The average molecular weight is 367 g/mol. The maximum Gasteiger partial charge on any atom is 0.328 e. The molecule has 0 aromatic heterocycles. The molecule has 2 aliphatic heterocycles. The van der Waals surface area contributed by atoms with Gasteiger partial charge in [-0.1, -0.05) is 15.9 Å². The monoisotopic (exact) mass is 366 g/mol. The number of urea groups is 1. The van der Waals surface area contributed by atoms with Crippen molar-refractivity contribution in [3.8, 4) is 0 Å². The summed E-state index contributed by atoms with van der Waals surface area (Å²) in [4.78, 5) is 25.3. The lowest BCUT2D eigenvalue weighted by Crippen LogP contribution is -2.69. The Morgan fingerprint density at radius 2 is 2.24 bits per heavy atom. The van der Waals surface area contributed by atoms with E-state index >= 15 is 0 Å². The van der Waals surface area contributed by atoms with Crippen molar-refractivity contribution in [3.05, 3.63) is 0 Å². The fraction of sp³-hybridized carbons (Fsp3) is 0.833. The lowest BCUT2D eigenvalue weighted by molar-refractivity contribution is -0.158. The maximum absolute atomic E-state index is 12.1. The number of aliphatic hydroxyl groups excluding tert-OH is 2. The number of nitrogens with zero attached hydrogens (tertiary/aromatic N) is 1. The molecular formula is C12H19BrN2O6.